The number of anilines is 1. The Morgan fingerprint density at radius 3 is 2.47 bits per heavy atom. The van der Waals surface area contributed by atoms with Crippen molar-refractivity contribution in [1.82, 2.24) is 0 Å². The molecule has 0 bridgehead atoms. The topological polar surface area (TPSA) is 114 Å². The zero-order valence-corrected chi connectivity index (χ0v) is 16.3. The van der Waals surface area contributed by atoms with E-state index in [0.717, 1.165) is 6.07 Å². The maximum atomic E-state index is 12.4. The Morgan fingerprint density at radius 2 is 1.83 bits per heavy atom. The fourth-order valence-electron chi connectivity index (χ4n) is 2.60. The lowest BCUT2D eigenvalue weighted by Crippen LogP contribution is -2.13. The molecule has 0 atom stereocenters. The third-order valence-corrected chi connectivity index (χ3v) is 4.27. The lowest BCUT2D eigenvalue weighted by molar-refractivity contribution is -0.385. The molecule has 3 rings (SSSR count). The fraction of sp³-hybridized carbons (Fsp3) is 0.0476. The van der Waals surface area contributed by atoms with E-state index < -0.39 is 10.8 Å². The molecule has 0 heterocycles. The minimum Gasteiger partial charge on any atom is -0.493 e. The second-order valence-electron chi connectivity index (χ2n) is 5.98. The second-order valence-corrected chi connectivity index (χ2v) is 6.41. The Hall–Kier alpha value is -4.09. The van der Waals surface area contributed by atoms with Gasteiger partial charge in [-0.25, -0.2) is 0 Å². The first kappa shape index (κ1) is 20.6. The second kappa shape index (κ2) is 8.94. The number of methoxy groups -OCH3 is 1. The molecular formula is C21H14ClN3O5. The van der Waals surface area contributed by atoms with Crippen molar-refractivity contribution >= 4 is 28.9 Å². The number of halogens is 1. The zero-order chi connectivity index (χ0) is 21.7. The largest absolute Gasteiger partial charge is 0.493 e. The molecule has 0 fully saturated rings. The highest BCUT2D eigenvalue weighted by atomic mass is 35.5. The predicted molar refractivity (Wildman–Crippen MR) is 110 cm³/mol. The van der Waals surface area contributed by atoms with Crippen molar-refractivity contribution in [2.75, 3.05) is 12.4 Å². The summed E-state index contributed by atoms with van der Waals surface area (Å²) in [6.45, 7) is 0. The standard InChI is InChI=1S/C21H14ClN3O5/c1-29-20-10-13(12-23)2-9-19(20)30-16-6-4-15(5-7-16)24-21(26)17-8-3-14(22)11-18(17)25(27)28/h2-11H,1H3,(H,24,26). The predicted octanol–water partition coefficient (Wildman–Crippen LogP) is 5.17. The van der Waals surface area contributed by atoms with E-state index in [-0.39, 0.29) is 16.3 Å². The van der Waals surface area contributed by atoms with Crippen LogP contribution in [0.5, 0.6) is 17.2 Å². The van der Waals surface area contributed by atoms with Crippen LogP contribution in [0.1, 0.15) is 15.9 Å². The number of benzene rings is 3. The van der Waals surface area contributed by atoms with Crippen LogP contribution < -0.4 is 14.8 Å². The zero-order valence-electron chi connectivity index (χ0n) is 15.6. The first-order chi connectivity index (χ1) is 14.4. The summed E-state index contributed by atoms with van der Waals surface area (Å²) < 4.78 is 11.0. The van der Waals surface area contributed by atoms with Gasteiger partial charge in [0.05, 0.1) is 23.7 Å². The van der Waals surface area contributed by atoms with Crippen LogP contribution in [0.4, 0.5) is 11.4 Å². The van der Waals surface area contributed by atoms with Crippen molar-refractivity contribution in [2.24, 2.45) is 0 Å². The number of ether oxygens (including phenoxy) is 2. The fourth-order valence-corrected chi connectivity index (χ4v) is 2.77. The number of rotatable bonds is 6. The van der Waals surface area contributed by atoms with Crippen LogP contribution in [0.3, 0.4) is 0 Å². The first-order valence-corrected chi connectivity index (χ1v) is 8.90. The third-order valence-electron chi connectivity index (χ3n) is 4.03. The van der Waals surface area contributed by atoms with Crippen LogP contribution in [-0.4, -0.2) is 17.9 Å². The summed E-state index contributed by atoms with van der Waals surface area (Å²) in [5.41, 5.74) is 0.372. The molecule has 0 saturated heterocycles. The Balaban J connectivity index is 1.75. The highest BCUT2D eigenvalue weighted by molar-refractivity contribution is 6.31. The molecule has 0 aliphatic rings. The summed E-state index contributed by atoms with van der Waals surface area (Å²) in [5, 5.41) is 22.9. The Morgan fingerprint density at radius 1 is 1.10 bits per heavy atom. The molecule has 0 unspecified atom stereocenters. The average molecular weight is 424 g/mol. The lowest BCUT2D eigenvalue weighted by atomic mass is 10.1. The summed E-state index contributed by atoms with van der Waals surface area (Å²) >= 11 is 5.77. The minimum absolute atomic E-state index is 0.105. The highest BCUT2D eigenvalue weighted by Crippen LogP contribution is 2.33. The van der Waals surface area contributed by atoms with E-state index in [0.29, 0.717) is 28.5 Å². The Kier molecular flexibility index (Phi) is 6.15. The quantitative estimate of drug-likeness (QED) is 0.432. The maximum absolute atomic E-state index is 12.4. The number of nitro groups is 1. The number of nitrogens with one attached hydrogen (secondary N) is 1. The van der Waals surface area contributed by atoms with Gasteiger partial charge in [0.25, 0.3) is 11.6 Å². The van der Waals surface area contributed by atoms with Gasteiger partial charge in [-0.3, -0.25) is 14.9 Å². The molecule has 8 nitrogen and oxygen atoms in total. The molecule has 1 amide bonds. The Labute approximate surface area is 176 Å². The molecule has 1 N–H and O–H groups in total. The number of nitrogens with zero attached hydrogens (tertiary/aromatic N) is 2. The number of hydrogen-bond acceptors (Lipinski definition) is 6. The van der Waals surface area contributed by atoms with Crippen molar-refractivity contribution in [3.05, 3.63) is 86.9 Å². The molecule has 30 heavy (non-hydrogen) atoms. The third kappa shape index (κ3) is 4.66. The molecule has 0 radical (unpaired) electrons. The van der Waals surface area contributed by atoms with Crippen molar-refractivity contribution in [2.45, 2.75) is 0 Å². The van der Waals surface area contributed by atoms with Crippen LogP contribution in [-0.2, 0) is 0 Å². The van der Waals surface area contributed by atoms with E-state index in [2.05, 4.69) is 5.32 Å². The van der Waals surface area contributed by atoms with Crippen molar-refractivity contribution in [3.63, 3.8) is 0 Å². The van der Waals surface area contributed by atoms with Gasteiger partial charge in [0.2, 0.25) is 0 Å². The molecule has 0 aliphatic carbocycles. The monoisotopic (exact) mass is 423 g/mol. The van der Waals surface area contributed by atoms with E-state index >= 15 is 0 Å². The molecule has 0 aliphatic heterocycles. The highest BCUT2D eigenvalue weighted by Gasteiger charge is 2.20. The van der Waals surface area contributed by atoms with Gasteiger partial charge in [-0.1, -0.05) is 11.6 Å². The van der Waals surface area contributed by atoms with E-state index in [1.54, 1.807) is 42.5 Å². The maximum Gasteiger partial charge on any atom is 0.283 e. The van der Waals surface area contributed by atoms with Crippen molar-refractivity contribution < 1.29 is 19.2 Å². The van der Waals surface area contributed by atoms with Gasteiger partial charge in [-0.15, -0.1) is 0 Å². The van der Waals surface area contributed by atoms with Gasteiger partial charge in [-0.05, 0) is 48.5 Å². The molecule has 3 aromatic carbocycles. The van der Waals surface area contributed by atoms with Gasteiger partial charge in [0.1, 0.15) is 11.3 Å². The number of carbonyl (C=O) groups is 1. The number of nitriles is 1. The molecule has 9 heteroatoms. The number of hydrogen-bond donors (Lipinski definition) is 1. The lowest BCUT2D eigenvalue weighted by Gasteiger charge is -2.11. The van der Waals surface area contributed by atoms with Crippen LogP contribution in [0.15, 0.2) is 60.7 Å². The summed E-state index contributed by atoms with van der Waals surface area (Å²) in [6.07, 6.45) is 0. The minimum atomic E-state index is -0.664. The smallest absolute Gasteiger partial charge is 0.283 e. The number of nitro benzene ring substituents is 1. The normalized spacial score (nSPS) is 10.0. The summed E-state index contributed by atoms with van der Waals surface area (Å²) in [4.78, 5) is 22.9. The summed E-state index contributed by atoms with van der Waals surface area (Å²) in [6, 6.07) is 17.0. The molecule has 150 valence electrons. The van der Waals surface area contributed by atoms with Crippen LogP contribution in [0, 0.1) is 21.4 Å². The summed E-state index contributed by atoms with van der Waals surface area (Å²) in [7, 11) is 1.47. The van der Waals surface area contributed by atoms with Crippen molar-refractivity contribution in [3.8, 4) is 23.3 Å². The van der Waals surface area contributed by atoms with E-state index in [9.17, 15) is 14.9 Å². The van der Waals surface area contributed by atoms with Crippen LogP contribution in [0.25, 0.3) is 0 Å². The van der Waals surface area contributed by atoms with Crippen molar-refractivity contribution in [1.29, 1.82) is 5.26 Å². The molecule has 0 aromatic heterocycles. The van der Waals surface area contributed by atoms with Gasteiger partial charge in [0, 0.05) is 22.8 Å². The number of carbonyl (C=O) groups excluding carboxylic acids is 1. The van der Waals surface area contributed by atoms with E-state index in [1.165, 1.54) is 19.2 Å². The van der Waals surface area contributed by atoms with Crippen LogP contribution >= 0.6 is 11.6 Å². The van der Waals surface area contributed by atoms with Crippen LogP contribution in [0.2, 0.25) is 5.02 Å². The Bertz CT molecular complexity index is 1160. The molecule has 0 saturated carbocycles. The first-order valence-electron chi connectivity index (χ1n) is 8.52. The molecular weight excluding hydrogens is 410 g/mol. The van der Waals surface area contributed by atoms with E-state index in [1.807, 2.05) is 6.07 Å². The molecule has 0 spiro atoms. The number of amides is 1. The van der Waals surface area contributed by atoms with Gasteiger partial charge < -0.3 is 14.8 Å². The SMILES string of the molecule is COc1cc(C#N)ccc1Oc1ccc(NC(=O)c2ccc(Cl)cc2[N+](=O)[O-])cc1. The molecule has 3 aromatic rings. The average Bonchev–Trinajstić information content (AvgIpc) is 2.75. The summed E-state index contributed by atoms with van der Waals surface area (Å²) in [5.74, 6) is 0.654. The van der Waals surface area contributed by atoms with Gasteiger partial charge in [-0.2, -0.15) is 5.26 Å². The van der Waals surface area contributed by atoms with Gasteiger partial charge >= 0.3 is 0 Å². The van der Waals surface area contributed by atoms with Gasteiger partial charge in [0.15, 0.2) is 11.5 Å². The van der Waals surface area contributed by atoms with E-state index in [4.69, 9.17) is 26.3 Å².